The Hall–Kier alpha value is -3.15. The number of primary amides is 1. The summed E-state index contributed by atoms with van der Waals surface area (Å²) in [5.41, 5.74) is 8.75. The first kappa shape index (κ1) is 14.3. The van der Waals surface area contributed by atoms with Gasteiger partial charge in [-0.25, -0.2) is 5.43 Å². The number of aromatic hydroxyl groups is 1. The van der Waals surface area contributed by atoms with Gasteiger partial charge in [0.1, 0.15) is 5.75 Å². The van der Waals surface area contributed by atoms with E-state index in [2.05, 4.69) is 10.5 Å². The van der Waals surface area contributed by atoms with Gasteiger partial charge in [0.2, 0.25) is 5.91 Å². The minimum atomic E-state index is -0.568. The zero-order valence-corrected chi connectivity index (χ0v) is 11.0. The Kier molecular flexibility index (Phi) is 4.30. The largest absolute Gasteiger partial charge is 0.508 e. The summed E-state index contributed by atoms with van der Waals surface area (Å²) in [6.07, 6.45) is 1.35. The average Bonchev–Trinajstić information content (AvgIpc) is 2.48. The number of phenols is 1. The van der Waals surface area contributed by atoms with Gasteiger partial charge in [-0.3, -0.25) is 9.59 Å². The molecule has 0 radical (unpaired) electrons. The molecule has 0 spiro atoms. The number of nitrogens with one attached hydrogen (secondary N) is 1. The van der Waals surface area contributed by atoms with Crippen molar-refractivity contribution in [2.24, 2.45) is 10.8 Å². The quantitative estimate of drug-likeness (QED) is 0.581. The highest BCUT2D eigenvalue weighted by molar-refractivity contribution is 6.02. The van der Waals surface area contributed by atoms with Crippen molar-refractivity contribution in [2.45, 2.75) is 0 Å². The van der Waals surface area contributed by atoms with E-state index in [1.807, 2.05) is 0 Å². The van der Waals surface area contributed by atoms with E-state index in [0.717, 1.165) is 0 Å². The van der Waals surface area contributed by atoms with Gasteiger partial charge < -0.3 is 10.8 Å². The standard InChI is InChI=1S/C15H13N3O3/c16-14(20)13-4-2-1-3-11(13)9-17-18-15(21)10-5-7-12(19)8-6-10/h1-9,19H,(H2,16,20)(H,18,21)/b17-9+. The molecule has 0 aliphatic carbocycles. The lowest BCUT2D eigenvalue weighted by atomic mass is 10.1. The number of hydrogen-bond donors (Lipinski definition) is 3. The number of rotatable bonds is 4. The second kappa shape index (κ2) is 6.33. The SMILES string of the molecule is NC(=O)c1ccccc1/C=N/NC(=O)c1ccc(O)cc1. The Balaban J connectivity index is 2.07. The molecule has 4 N–H and O–H groups in total. The fourth-order valence-electron chi connectivity index (χ4n) is 1.67. The van der Waals surface area contributed by atoms with E-state index < -0.39 is 11.8 Å². The highest BCUT2D eigenvalue weighted by Crippen LogP contribution is 2.09. The number of nitrogens with zero attached hydrogens (tertiary/aromatic N) is 1. The number of amides is 2. The van der Waals surface area contributed by atoms with E-state index in [-0.39, 0.29) is 5.75 Å². The molecule has 0 bridgehead atoms. The lowest BCUT2D eigenvalue weighted by molar-refractivity contribution is 0.0954. The van der Waals surface area contributed by atoms with Gasteiger partial charge in [0.05, 0.1) is 6.21 Å². The van der Waals surface area contributed by atoms with Crippen molar-refractivity contribution < 1.29 is 14.7 Å². The van der Waals surface area contributed by atoms with Crippen LogP contribution in [0.1, 0.15) is 26.3 Å². The smallest absolute Gasteiger partial charge is 0.271 e. The molecule has 106 valence electrons. The summed E-state index contributed by atoms with van der Waals surface area (Å²) in [5, 5.41) is 12.9. The van der Waals surface area contributed by atoms with E-state index in [4.69, 9.17) is 10.8 Å². The van der Waals surface area contributed by atoms with Gasteiger partial charge in [-0.1, -0.05) is 18.2 Å². The molecule has 0 aliphatic heterocycles. The van der Waals surface area contributed by atoms with Gasteiger partial charge in [0, 0.05) is 16.7 Å². The van der Waals surface area contributed by atoms with Crippen LogP contribution in [-0.4, -0.2) is 23.1 Å². The monoisotopic (exact) mass is 283 g/mol. The number of hydrazone groups is 1. The molecule has 0 saturated carbocycles. The zero-order chi connectivity index (χ0) is 15.2. The maximum atomic E-state index is 11.8. The number of phenolic OH excluding ortho intramolecular Hbond substituents is 1. The van der Waals surface area contributed by atoms with Crippen LogP contribution < -0.4 is 11.2 Å². The number of hydrogen-bond acceptors (Lipinski definition) is 4. The van der Waals surface area contributed by atoms with Crippen LogP contribution in [0.5, 0.6) is 5.75 Å². The fraction of sp³-hybridized carbons (Fsp3) is 0. The van der Waals surface area contributed by atoms with Crippen LogP contribution in [0.25, 0.3) is 0 Å². The summed E-state index contributed by atoms with van der Waals surface area (Å²) in [6.45, 7) is 0. The normalized spacial score (nSPS) is 10.5. The van der Waals surface area contributed by atoms with Crippen molar-refractivity contribution in [2.75, 3.05) is 0 Å². The summed E-state index contributed by atoms with van der Waals surface area (Å²) in [4.78, 5) is 23.0. The van der Waals surface area contributed by atoms with Crippen molar-refractivity contribution in [3.63, 3.8) is 0 Å². The second-order valence-electron chi connectivity index (χ2n) is 4.20. The summed E-state index contributed by atoms with van der Waals surface area (Å²) < 4.78 is 0. The number of nitrogens with two attached hydrogens (primary N) is 1. The third-order valence-electron chi connectivity index (χ3n) is 2.73. The molecule has 2 aromatic carbocycles. The highest BCUT2D eigenvalue weighted by Gasteiger charge is 2.06. The minimum Gasteiger partial charge on any atom is -0.508 e. The summed E-state index contributed by atoms with van der Waals surface area (Å²) in [7, 11) is 0. The maximum absolute atomic E-state index is 11.8. The van der Waals surface area contributed by atoms with Crippen molar-refractivity contribution in [3.05, 3.63) is 65.2 Å². The molecule has 6 nitrogen and oxygen atoms in total. The third-order valence-corrected chi connectivity index (χ3v) is 2.73. The fourth-order valence-corrected chi connectivity index (χ4v) is 1.67. The third kappa shape index (κ3) is 3.66. The van der Waals surface area contributed by atoms with E-state index in [0.29, 0.717) is 16.7 Å². The molecular weight excluding hydrogens is 270 g/mol. The van der Waals surface area contributed by atoms with Gasteiger partial charge in [-0.15, -0.1) is 0 Å². The minimum absolute atomic E-state index is 0.0745. The first-order chi connectivity index (χ1) is 10.1. The Morgan fingerprint density at radius 2 is 1.76 bits per heavy atom. The molecule has 6 heteroatoms. The Bertz CT molecular complexity index is 694. The number of carbonyl (C=O) groups is 2. The number of benzene rings is 2. The van der Waals surface area contributed by atoms with Gasteiger partial charge in [0.15, 0.2) is 0 Å². The molecule has 0 unspecified atom stereocenters. The van der Waals surface area contributed by atoms with Crippen molar-refractivity contribution >= 4 is 18.0 Å². The predicted octanol–water partition coefficient (Wildman–Crippen LogP) is 1.26. The van der Waals surface area contributed by atoms with Gasteiger partial charge >= 0.3 is 0 Å². The summed E-state index contributed by atoms with van der Waals surface area (Å²) >= 11 is 0. The van der Waals surface area contributed by atoms with Crippen LogP contribution >= 0.6 is 0 Å². The Morgan fingerprint density at radius 1 is 1.10 bits per heavy atom. The van der Waals surface area contributed by atoms with E-state index in [9.17, 15) is 9.59 Å². The molecule has 0 aromatic heterocycles. The predicted molar refractivity (Wildman–Crippen MR) is 78.1 cm³/mol. The van der Waals surface area contributed by atoms with Crippen LogP contribution in [0.2, 0.25) is 0 Å². The lowest BCUT2D eigenvalue weighted by Crippen LogP contribution is -2.18. The molecule has 0 heterocycles. The zero-order valence-electron chi connectivity index (χ0n) is 11.0. The highest BCUT2D eigenvalue weighted by atomic mass is 16.3. The molecule has 0 atom stereocenters. The molecule has 0 aliphatic rings. The molecule has 0 fully saturated rings. The van der Waals surface area contributed by atoms with Crippen LogP contribution in [0.3, 0.4) is 0 Å². The van der Waals surface area contributed by atoms with Gasteiger partial charge in [-0.2, -0.15) is 5.10 Å². The second-order valence-corrected chi connectivity index (χ2v) is 4.20. The molecule has 21 heavy (non-hydrogen) atoms. The van der Waals surface area contributed by atoms with Crippen molar-refractivity contribution in [1.29, 1.82) is 0 Å². The van der Waals surface area contributed by atoms with E-state index >= 15 is 0 Å². The Morgan fingerprint density at radius 3 is 2.43 bits per heavy atom. The average molecular weight is 283 g/mol. The van der Waals surface area contributed by atoms with Crippen LogP contribution in [0, 0.1) is 0 Å². The molecular formula is C15H13N3O3. The Labute approximate surface area is 120 Å². The molecule has 2 aromatic rings. The van der Waals surface area contributed by atoms with Crippen molar-refractivity contribution in [3.8, 4) is 5.75 Å². The molecule has 2 rings (SSSR count). The summed E-state index contributed by atoms with van der Waals surface area (Å²) in [5.74, 6) is -0.921. The maximum Gasteiger partial charge on any atom is 0.271 e. The van der Waals surface area contributed by atoms with E-state index in [1.54, 1.807) is 24.3 Å². The van der Waals surface area contributed by atoms with E-state index in [1.165, 1.54) is 30.5 Å². The molecule has 0 saturated heterocycles. The first-order valence-corrected chi connectivity index (χ1v) is 6.09. The topological polar surface area (TPSA) is 105 Å². The summed E-state index contributed by atoms with van der Waals surface area (Å²) in [6, 6.07) is 12.4. The van der Waals surface area contributed by atoms with Gasteiger partial charge in [0.25, 0.3) is 5.91 Å². The first-order valence-electron chi connectivity index (χ1n) is 6.09. The van der Waals surface area contributed by atoms with Gasteiger partial charge in [-0.05, 0) is 30.3 Å². The van der Waals surface area contributed by atoms with Crippen LogP contribution in [0.4, 0.5) is 0 Å². The number of carbonyl (C=O) groups excluding carboxylic acids is 2. The molecule has 2 amide bonds. The lowest BCUT2D eigenvalue weighted by Gasteiger charge is -2.02. The van der Waals surface area contributed by atoms with Crippen LogP contribution in [0.15, 0.2) is 53.6 Å². The van der Waals surface area contributed by atoms with Crippen LogP contribution in [-0.2, 0) is 0 Å². The van der Waals surface area contributed by atoms with Crippen molar-refractivity contribution in [1.82, 2.24) is 5.43 Å².